The summed E-state index contributed by atoms with van der Waals surface area (Å²) in [5, 5.41) is 9.18. The Balaban J connectivity index is 2.34. The number of halogens is 8. The van der Waals surface area contributed by atoms with Gasteiger partial charge in [-0.3, -0.25) is 9.59 Å². The van der Waals surface area contributed by atoms with Crippen LogP contribution in [0.1, 0.15) is 40.9 Å². The molecule has 1 N–H and O–H groups in total. The van der Waals surface area contributed by atoms with Crippen molar-refractivity contribution in [2.75, 3.05) is 0 Å². The summed E-state index contributed by atoms with van der Waals surface area (Å²) in [5.41, 5.74) is -2.61. The van der Waals surface area contributed by atoms with E-state index in [2.05, 4.69) is 63.7 Å². The number of Topliss-reactive ketones (excluding diaryl/α,β-unsaturated/α-hetero) is 1. The summed E-state index contributed by atoms with van der Waals surface area (Å²) in [6.45, 7) is 2.29. The number of fused-ring (bicyclic) bond motifs is 1. The predicted octanol–water partition coefficient (Wildman–Crippen LogP) is 9.19. The van der Waals surface area contributed by atoms with Crippen LogP contribution in [0.5, 0.6) is 11.5 Å². The van der Waals surface area contributed by atoms with Gasteiger partial charge in [0, 0.05) is 37.0 Å². The van der Waals surface area contributed by atoms with Crippen molar-refractivity contribution in [3.8, 4) is 11.5 Å². The van der Waals surface area contributed by atoms with Gasteiger partial charge in [0.15, 0.2) is 22.9 Å². The number of esters is 1. The normalized spacial score (nSPS) is 17.7. The monoisotopic (exact) mass is 886 g/mol. The van der Waals surface area contributed by atoms with Gasteiger partial charge in [0.2, 0.25) is 0 Å². The van der Waals surface area contributed by atoms with Crippen molar-refractivity contribution in [3.05, 3.63) is 78.4 Å². The molecule has 0 fully saturated rings. The molecule has 0 aliphatic carbocycles. The zero-order valence-corrected chi connectivity index (χ0v) is 29.2. The van der Waals surface area contributed by atoms with Gasteiger partial charge in [-0.2, -0.15) is 8.42 Å². The maximum absolute atomic E-state index is 13.7. The third kappa shape index (κ3) is 5.00. The average Bonchev–Trinajstić information content (AvgIpc) is 3.09. The van der Waals surface area contributed by atoms with Crippen molar-refractivity contribution < 1.29 is 32.0 Å². The van der Waals surface area contributed by atoms with E-state index >= 15 is 0 Å². The molecule has 1 aliphatic heterocycles. The van der Waals surface area contributed by atoms with Crippen molar-refractivity contribution in [2.24, 2.45) is 0 Å². The Morgan fingerprint density at radius 1 is 0.897 bits per heavy atom. The molecule has 1 heterocycles. The third-order valence-corrected chi connectivity index (χ3v) is 13.3. The largest absolute Gasteiger partial charge is 0.505 e. The van der Waals surface area contributed by atoms with Crippen molar-refractivity contribution in [2.45, 2.75) is 24.3 Å². The van der Waals surface area contributed by atoms with Crippen LogP contribution in [0.15, 0.2) is 41.0 Å². The van der Waals surface area contributed by atoms with Crippen LogP contribution in [0.2, 0.25) is 20.1 Å². The van der Waals surface area contributed by atoms with E-state index < -0.39 is 33.2 Å². The van der Waals surface area contributed by atoms with E-state index in [1.165, 1.54) is 25.1 Å². The number of rotatable bonds is 4. The van der Waals surface area contributed by atoms with E-state index in [0.29, 0.717) is 8.95 Å². The Morgan fingerprint density at radius 2 is 1.44 bits per heavy atom. The van der Waals surface area contributed by atoms with Crippen LogP contribution in [0.25, 0.3) is 0 Å². The van der Waals surface area contributed by atoms with E-state index in [4.69, 9.17) is 55.3 Å². The van der Waals surface area contributed by atoms with Gasteiger partial charge in [-0.15, -0.1) is 0 Å². The quantitative estimate of drug-likeness (QED) is 0.0696. The lowest BCUT2D eigenvalue weighted by Gasteiger charge is -2.33. The Morgan fingerprint density at radius 3 is 1.95 bits per heavy atom. The molecule has 206 valence electrons. The lowest BCUT2D eigenvalue weighted by molar-refractivity contribution is -0.131. The second kappa shape index (κ2) is 11.0. The smallest absolute Gasteiger partial charge is 0.308 e. The Labute approximate surface area is 275 Å². The van der Waals surface area contributed by atoms with Gasteiger partial charge in [0.25, 0.3) is 10.1 Å². The highest BCUT2D eigenvalue weighted by molar-refractivity contribution is 9.15. The number of phenols is 1. The minimum Gasteiger partial charge on any atom is -0.505 e. The maximum Gasteiger partial charge on any atom is 0.308 e. The number of carbonyl (C=O) groups excluding carboxylic acids is 2. The summed E-state index contributed by atoms with van der Waals surface area (Å²) in [6, 6.07) is 3.67. The zero-order chi connectivity index (χ0) is 29.4. The molecule has 39 heavy (non-hydrogen) atoms. The summed E-state index contributed by atoms with van der Waals surface area (Å²) in [5.74, 6) is -2.19. The molecule has 0 radical (unpaired) electrons. The fourth-order valence-corrected chi connectivity index (χ4v) is 10.1. The zero-order valence-electron chi connectivity index (χ0n) is 19.1. The van der Waals surface area contributed by atoms with Crippen LogP contribution in [-0.4, -0.2) is 25.3 Å². The molecule has 4 rings (SSSR count). The summed E-state index contributed by atoms with van der Waals surface area (Å²) >= 11 is 39.2. The molecule has 1 atom stereocenters. The topological polar surface area (TPSA) is 107 Å². The van der Waals surface area contributed by atoms with Crippen LogP contribution in [0, 0.1) is 0 Å². The van der Waals surface area contributed by atoms with Crippen LogP contribution in [-0.2, 0) is 24.7 Å². The first-order valence-corrected chi connectivity index (χ1v) is 16.3. The van der Waals surface area contributed by atoms with Gasteiger partial charge in [0.05, 0.1) is 24.6 Å². The molecule has 3 aromatic rings. The summed E-state index contributed by atoms with van der Waals surface area (Å²) in [7, 11) is -4.59. The molecule has 1 unspecified atom stereocenters. The van der Waals surface area contributed by atoms with E-state index in [1.54, 1.807) is 0 Å². The number of ketones is 1. The van der Waals surface area contributed by atoms with Gasteiger partial charge in [-0.05, 0) is 94.4 Å². The van der Waals surface area contributed by atoms with E-state index in [0.717, 1.165) is 6.92 Å². The number of ether oxygens (including phenoxy) is 1. The molecule has 0 saturated heterocycles. The van der Waals surface area contributed by atoms with Crippen LogP contribution < -0.4 is 4.74 Å². The minimum atomic E-state index is -4.59. The first kappa shape index (κ1) is 31.5. The average molecular weight is 892 g/mol. The molecule has 1 aliphatic rings. The van der Waals surface area contributed by atoms with Crippen LogP contribution in [0.4, 0.5) is 0 Å². The van der Waals surface area contributed by atoms with Gasteiger partial charge >= 0.3 is 5.97 Å². The SMILES string of the molecule is CC(=O)Oc1c(Cl)cc(C2(c3cc(Cl)c(O)c(Cl)c3)OS(=O)(=O)c3c(Br)c(Br)c(Br)c(Br)c32)c(C(C)=O)c1Cl. The summed E-state index contributed by atoms with van der Waals surface area (Å²) < 4.78 is 39.5. The van der Waals surface area contributed by atoms with E-state index in [-0.39, 0.29) is 61.9 Å². The Kier molecular flexibility index (Phi) is 8.90. The lowest BCUT2D eigenvalue weighted by Crippen LogP contribution is -2.32. The molecule has 16 heteroatoms. The van der Waals surface area contributed by atoms with Crippen molar-refractivity contribution in [1.29, 1.82) is 0 Å². The number of hydrogen-bond donors (Lipinski definition) is 1. The van der Waals surface area contributed by atoms with Gasteiger partial charge < -0.3 is 9.84 Å². The molecule has 0 spiro atoms. The molecule has 0 saturated carbocycles. The molecule has 0 amide bonds. The molecule has 0 bridgehead atoms. The van der Waals surface area contributed by atoms with Crippen LogP contribution in [0.3, 0.4) is 0 Å². The highest BCUT2D eigenvalue weighted by Crippen LogP contribution is 2.60. The lowest BCUT2D eigenvalue weighted by atomic mass is 9.77. The maximum atomic E-state index is 13.7. The first-order valence-electron chi connectivity index (χ1n) is 10.2. The number of benzene rings is 3. The number of hydrogen-bond acceptors (Lipinski definition) is 7. The van der Waals surface area contributed by atoms with Gasteiger partial charge in [0.1, 0.15) is 4.90 Å². The Bertz CT molecular complexity index is 1720. The highest BCUT2D eigenvalue weighted by Gasteiger charge is 2.56. The van der Waals surface area contributed by atoms with Gasteiger partial charge in [-0.25, -0.2) is 4.18 Å². The standard InChI is InChI=1S/C23H10Br4Cl4O7S/c1-6(32)13-9(5-12(30)21(19(13)31)37-7(2)33)23(8-3-10(28)20(34)11(29)4-8)14-15(24)16(25)17(26)18(27)22(14)39(35,36)38-23/h3-5,34H,1-2H3. The molecular formula is C23H10Br4Cl4O7S. The second-order valence-corrected chi connectivity index (χ2v) is 14.3. The van der Waals surface area contributed by atoms with Crippen molar-refractivity contribution in [3.63, 3.8) is 0 Å². The van der Waals surface area contributed by atoms with Gasteiger partial charge in [-0.1, -0.05) is 46.4 Å². The predicted molar refractivity (Wildman–Crippen MR) is 161 cm³/mol. The second-order valence-electron chi connectivity index (χ2n) is 8.04. The minimum absolute atomic E-state index is 0.00265. The van der Waals surface area contributed by atoms with Crippen LogP contribution >= 0.6 is 110 Å². The fourth-order valence-electron chi connectivity index (χ4n) is 4.17. The van der Waals surface area contributed by atoms with Crippen molar-refractivity contribution in [1.82, 2.24) is 0 Å². The van der Waals surface area contributed by atoms with E-state index in [1.807, 2.05) is 0 Å². The van der Waals surface area contributed by atoms with E-state index in [9.17, 15) is 23.1 Å². The Hall–Kier alpha value is -0.410. The molecular weight excluding hydrogens is 882 g/mol. The van der Waals surface area contributed by atoms with Crippen molar-refractivity contribution >= 4 is 132 Å². The summed E-state index contributed by atoms with van der Waals surface area (Å²) in [4.78, 5) is 24.5. The number of phenolic OH excluding ortho intramolecular Hbond substituents is 1. The molecule has 0 aromatic heterocycles. The highest BCUT2D eigenvalue weighted by atomic mass is 79.9. The molecule has 7 nitrogen and oxygen atoms in total. The fraction of sp³-hybridized carbons (Fsp3) is 0.130. The first-order chi connectivity index (χ1) is 18.0. The third-order valence-electron chi connectivity index (χ3n) is 5.64. The molecule has 3 aromatic carbocycles. The number of aromatic hydroxyl groups is 1. The summed E-state index contributed by atoms with van der Waals surface area (Å²) in [6.07, 6.45) is 0. The number of carbonyl (C=O) groups is 2.